The summed E-state index contributed by atoms with van der Waals surface area (Å²) in [6.45, 7) is 1.87. The van der Waals surface area contributed by atoms with Gasteiger partial charge in [-0.25, -0.2) is 0 Å². The molecule has 0 unspecified atom stereocenters. The van der Waals surface area contributed by atoms with Crippen LogP contribution in [0.2, 0.25) is 5.02 Å². The van der Waals surface area contributed by atoms with Crippen LogP contribution in [0.1, 0.15) is 5.56 Å². The zero-order valence-corrected chi connectivity index (χ0v) is 8.54. The molecule has 0 aromatic heterocycles. The fourth-order valence-electron chi connectivity index (χ4n) is 0.893. The van der Waals surface area contributed by atoms with E-state index < -0.39 is 0 Å². The summed E-state index contributed by atoms with van der Waals surface area (Å²) in [7, 11) is 0. The fourth-order valence-corrected chi connectivity index (χ4v) is 1.18. The normalized spacial score (nSPS) is 9.00. The number of benzene rings is 1. The molecule has 4 heteroatoms. The Labute approximate surface area is 87.1 Å². The molecule has 0 bridgehead atoms. The Bertz CT molecular complexity index is 382. The smallest absolute Gasteiger partial charge is 0.182 e. The fraction of sp³-hybridized carbons (Fsp3) is 0.111. The monoisotopic (exact) mass is 210 g/mol. The van der Waals surface area contributed by atoms with Crippen molar-refractivity contribution in [1.82, 2.24) is 0 Å². The number of thiocarbonyl (C=S) groups is 1. The summed E-state index contributed by atoms with van der Waals surface area (Å²) in [5.74, 6) is 0. The van der Waals surface area contributed by atoms with Crippen molar-refractivity contribution in [2.24, 2.45) is 0 Å². The van der Waals surface area contributed by atoms with E-state index in [4.69, 9.17) is 29.1 Å². The Morgan fingerprint density at radius 3 is 2.92 bits per heavy atom. The van der Waals surface area contributed by atoms with Crippen LogP contribution in [-0.2, 0) is 0 Å². The molecule has 0 saturated heterocycles. The molecule has 1 aromatic rings. The topological polar surface area (TPSA) is 35.8 Å². The largest absolute Gasteiger partial charge is 0.338 e. The summed E-state index contributed by atoms with van der Waals surface area (Å²) >= 11 is 10.6. The van der Waals surface area contributed by atoms with Crippen LogP contribution in [0.15, 0.2) is 18.2 Å². The first-order valence-electron chi connectivity index (χ1n) is 3.61. The predicted octanol–water partition coefficient (Wildman–Crippen LogP) is 2.91. The van der Waals surface area contributed by atoms with Crippen molar-refractivity contribution in [2.45, 2.75) is 6.92 Å². The SMILES string of the molecule is Cc1c(Cl)cccc1NC(=S)C#N. The number of hydrogen-bond donors (Lipinski definition) is 1. The maximum absolute atomic E-state index is 8.47. The quantitative estimate of drug-likeness (QED) is 0.724. The van der Waals surface area contributed by atoms with Gasteiger partial charge < -0.3 is 5.32 Å². The maximum atomic E-state index is 8.47. The molecule has 0 radical (unpaired) electrons. The van der Waals surface area contributed by atoms with Crippen LogP contribution in [0.5, 0.6) is 0 Å². The second-order valence-electron chi connectivity index (χ2n) is 2.48. The Balaban J connectivity index is 2.97. The van der Waals surface area contributed by atoms with Gasteiger partial charge in [-0.3, -0.25) is 0 Å². The molecule has 0 saturated carbocycles. The zero-order valence-electron chi connectivity index (χ0n) is 6.97. The molecule has 0 aliphatic rings. The molecule has 0 amide bonds. The number of rotatable bonds is 1. The van der Waals surface area contributed by atoms with Crippen molar-refractivity contribution in [2.75, 3.05) is 5.32 Å². The molecule has 0 aliphatic carbocycles. The van der Waals surface area contributed by atoms with Gasteiger partial charge in [-0.05, 0) is 36.8 Å². The van der Waals surface area contributed by atoms with Gasteiger partial charge in [-0.15, -0.1) is 0 Å². The van der Waals surface area contributed by atoms with Crippen LogP contribution in [0.25, 0.3) is 0 Å². The van der Waals surface area contributed by atoms with Crippen LogP contribution in [0.3, 0.4) is 0 Å². The Kier molecular flexibility index (Phi) is 3.24. The van der Waals surface area contributed by atoms with Crippen molar-refractivity contribution in [1.29, 1.82) is 5.26 Å². The molecule has 2 nitrogen and oxygen atoms in total. The molecule has 0 atom stereocenters. The van der Waals surface area contributed by atoms with Crippen LogP contribution >= 0.6 is 23.8 Å². The van der Waals surface area contributed by atoms with Gasteiger partial charge in [-0.2, -0.15) is 5.26 Å². The average molecular weight is 211 g/mol. The van der Waals surface area contributed by atoms with Crippen LogP contribution in [-0.4, -0.2) is 4.99 Å². The molecule has 0 heterocycles. The Morgan fingerprint density at radius 1 is 1.62 bits per heavy atom. The van der Waals surface area contributed by atoms with Gasteiger partial charge in [0, 0.05) is 10.7 Å². The summed E-state index contributed by atoms with van der Waals surface area (Å²) in [6, 6.07) is 7.25. The number of nitrogens with one attached hydrogen (secondary N) is 1. The number of hydrogen-bond acceptors (Lipinski definition) is 2. The minimum atomic E-state index is 0.144. The van der Waals surface area contributed by atoms with E-state index in [0.29, 0.717) is 5.02 Å². The highest BCUT2D eigenvalue weighted by Gasteiger charge is 2.02. The maximum Gasteiger partial charge on any atom is 0.182 e. The van der Waals surface area contributed by atoms with E-state index >= 15 is 0 Å². The first-order chi connectivity index (χ1) is 6.15. The highest BCUT2D eigenvalue weighted by Crippen LogP contribution is 2.22. The standard InChI is InChI=1S/C9H7ClN2S/c1-6-7(10)3-2-4-8(6)12-9(13)5-11/h2-4H,1H3,(H,12,13). The van der Waals surface area contributed by atoms with Crippen molar-refractivity contribution in [3.63, 3.8) is 0 Å². The van der Waals surface area contributed by atoms with E-state index in [-0.39, 0.29) is 4.99 Å². The molecular formula is C9H7ClN2S. The summed E-state index contributed by atoms with van der Waals surface area (Å²) in [5.41, 5.74) is 1.67. The van der Waals surface area contributed by atoms with Gasteiger partial charge in [-0.1, -0.05) is 17.7 Å². The van der Waals surface area contributed by atoms with E-state index in [2.05, 4.69) is 5.32 Å². The number of anilines is 1. The van der Waals surface area contributed by atoms with Crippen molar-refractivity contribution < 1.29 is 0 Å². The lowest BCUT2D eigenvalue weighted by Crippen LogP contribution is -2.06. The molecule has 1 aromatic carbocycles. The third-order valence-corrected chi connectivity index (χ3v) is 2.22. The predicted molar refractivity (Wildman–Crippen MR) is 58.0 cm³/mol. The van der Waals surface area contributed by atoms with Gasteiger partial charge in [0.15, 0.2) is 4.99 Å². The molecule has 1 rings (SSSR count). The van der Waals surface area contributed by atoms with Crippen LogP contribution in [0, 0.1) is 18.3 Å². The molecule has 0 fully saturated rings. The number of halogens is 1. The summed E-state index contributed by atoms with van der Waals surface area (Å²) in [6.07, 6.45) is 0. The molecule has 0 aliphatic heterocycles. The third-order valence-electron chi connectivity index (χ3n) is 1.62. The summed E-state index contributed by atoms with van der Waals surface area (Å²) < 4.78 is 0. The second-order valence-corrected chi connectivity index (χ2v) is 3.29. The van der Waals surface area contributed by atoms with Crippen molar-refractivity contribution in [3.05, 3.63) is 28.8 Å². The Hall–Kier alpha value is -1.11. The van der Waals surface area contributed by atoms with E-state index in [9.17, 15) is 0 Å². The zero-order chi connectivity index (χ0) is 9.84. The van der Waals surface area contributed by atoms with E-state index in [0.717, 1.165) is 11.3 Å². The molecule has 66 valence electrons. The highest BCUT2D eigenvalue weighted by molar-refractivity contribution is 7.81. The van der Waals surface area contributed by atoms with Crippen LogP contribution in [0.4, 0.5) is 5.69 Å². The number of nitriles is 1. The summed E-state index contributed by atoms with van der Waals surface area (Å²) in [5, 5.41) is 11.9. The van der Waals surface area contributed by atoms with E-state index in [1.165, 1.54) is 0 Å². The highest BCUT2D eigenvalue weighted by atomic mass is 35.5. The third kappa shape index (κ3) is 2.41. The van der Waals surface area contributed by atoms with Crippen molar-refractivity contribution in [3.8, 4) is 6.07 Å². The minimum absolute atomic E-state index is 0.144. The summed E-state index contributed by atoms with van der Waals surface area (Å²) in [4.78, 5) is 0.144. The minimum Gasteiger partial charge on any atom is -0.338 e. The van der Waals surface area contributed by atoms with Gasteiger partial charge in [0.25, 0.3) is 0 Å². The lowest BCUT2D eigenvalue weighted by molar-refractivity contribution is 1.46. The lowest BCUT2D eigenvalue weighted by atomic mass is 10.2. The van der Waals surface area contributed by atoms with Gasteiger partial charge in [0.1, 0.15) is 6.07 Å². The second kappa shape index (κ2) is 4.22. The van der Waals surface area contributed by atoms with Gasteiger partial charge in [0.2, 0.25) is 0 Å². The molecular weight excluding hydrogens is 204 g/mol. The van der Waals surface area contributed by atoms with Gasteiger partial charge >= 0.3 is 0 Å². The Morgan fingerprint density at radius 2 is 2.31 bits per heavy atom. The lowest BCUT2D eigenvalue weighted by Gasteiger charge is -2.06. The first kappa shape index (κ1) is 9.97. The molecule has 13 heavy (non-hydrogen) atoms. The molecule has 0 spiro atoms. The van der Waals surface area contributed by atoms with E-state index in [1.54, 1.807) is 12.1 Å². The number of nitrogens with zero attached hydrogens (tertiary/aromatic N) is 1. The average Bonchev–Trinajstić information content (AvgIpc) is 2.13. The van der Waals surface area contributed by atoms with Gasteiger partial charge in [0.05, 0.1) is 0 Å². The molecule has 1 N–H and O–H groups in total. The first-order valence-corrected chi connectivity index (χ1v) is 4.40. The van der Waals surface area contributed by atoms with Crippen LogP contribution < -0.4 is 5.32 Å². The van der Waals surface area contributed by atoms with E-state index in [1.807, 2.05) is 19.1 Å². The van der Waals surface area contributed by atoms with Crippen molar-refractivity contribution >= 4 is 34.5 Å².